The summed E-state index contributed by atoms with van der Waals surface area (Å²) in [6.07, 6.45) is 5.13. The van der Waals surface area contributed by atoms with Crippen molar-refractivity contribution in [2.24, 2.45) is 0 Å². The highest BCUT2D eigenvalue weighted by Gasteiger charge is 2.08. The van der Waals surface area contributed by atoms with Crippen LogP contribution in [-0.2, 0) is 13.0 Å². The summed E-state index contributed by atoms with van der Waals surface area (Å²) in [7, 11) is 0. The number of rotatable bonds is 5. The maximum absolute atomic E-state index is 5.97. The molecule has 0 unspecified atom stereocenters. The molecular weight excluding hydrogens is 340 g/mol. The number of para-hydroxylation sites is 2. The molecule has 0 saturated carbocycles. The van der Waals surface area contributed by atoms with Gasteiger partial charge in [-0.3, -0.25) is 0 Å². The predicted octanol–water partition coefficient (Wildman–Crippen LogP) is 6.10. The van der Waals surface area contributed by atoms with Crippen LogP contribution in [0, 0.1) is 0 Å². The average Bonchev–Trinajstić information content (AvgIpc) is 3.04. The minimum absolute atomic E-state index is 0.747. The lowest BCUT2D eigenvalue weighted by Crippen LogP contribution is -2.03. The monoisotopic (exact) mass is 358 g/mol. The van der Waals surface area contributed by atoms with E-state index in [1.807, 2.05) is 30.3 Å². The van der Waals surface area contributed by atoms with Gasteiger partial charge in [0, 0.05) is 11.6 Å². The zero-order valence-corrected chi connectivity index (χ0v) is 15.1. The van der Waals surface area contributed by atoms with E-state index in [1.165, 1.54) is 11.1 Å². The smallest absolute Gasteiger partial charge is 0.133 e. The van der Waals surface area contributed by atoms with Gasteiger partial charge >= 0.3 is 0 Å². The van der Waals surface area contributed by atoms with Crippen molar-refractivity contribution in [1.29, 1.82) is 0 Å². The van der Waals surface area contributed by atoms with Gasteiger partial charge in [-0.25, -0.2) is 4.98 Å². The predicted molar refractivity (Wildman–Crippen MR) is 110 cm³/mol. The van der Waals surface area contributed by atoms with Crippen molar-refractivity contribution in [3.05, 3.63) is 101 Å². The molecule has 0 saturated heterocycles. The Bertz CT molecular complexity index is 1030. The Balaban J connectivity index is 1.66. The third kappa shape index (κ3) is 3.71. The van der Waals surface area contributed by atoms with Gasteiger partial charge in [-0.2, -0.15) is 0 Å². The largest absolute Gasteiger partial charge is 0.324 e. The van der Waals surface area contributed by atoms with Gasteiger partial charge < -0.3 is 4.57 Å². The van der Waals surface area contributed by atoms with Gasteiger partial charge in [0.2, 0.25) is 0 Å². The third-order valence-corrected chi connectivity index (χ3v) is 4.70. The first-order chi connectivity index (χ1) is 12.8. The molecule has 0 fully saturated rings. The topological polar surface area (TPSA) is 17.8 Å². The van der Waals surface area contributed by atoms with Gasteiger partial charge in [-0.05, 0) is 47.9 Å². The Hall–Kier alpha value is -2.84. The van der Waals surface area contributed by atoms with E-state index in [1.54, 1.807) is 0 Å². The van der Waals surface area contributed by atoms with Gasteiger partial charge in [-0.15, -0.1) is 0 Å². The summed E-state index contributed by atoms with van der Waals surface area (Å²) in [4.78, 5) is 4.81. The molecule has 1 heterocycles. The summed E-state index contributed by atoms with van der Waals surface area (Å²) >= 11 is 5.97. The molecule has 3 aromatic carbocycles. The summed E-state index contributed by atoms with van der Waals surface area (Å²) in [6, 6.07) is 26.7. The van der Waals surface area contributed by atoms with Gasteiger partial charge in [0.05, 0.1) is 11.0 Å². The fraction of sp³-hybridized carbons (Fsp3) is 0.0870. The zero-order valence-electron chi connectivity index (χ0n) is 14.3. The second-order valence-corrected chi connectivity index (χ2v) is 6.67. The molecule has 4 rings (SSSR count). The minimum atomic E-state index is 0.747. The first kappa shape index (κ1) is 16.6. The van der Waals surface area contributed by atoms with Crippen LogP contribution in [0.4, 0.5) is 0 Å². The summed E-state index contributed by atoms with van der Waals surface area (Å²) in [5.74, 6) is 0.970. The van der Waals surface area contributed by atoms with Crippen LogP contribution < -0.4 is 0 Å². The lowest BCUT2D eigenvalue weighted by atomic mass is 10.1. The summed E-state index contributed by atoms with van der Waals surface area (Å²) in [6.45, 7) is 0.894. The molecule has 0 radical (unpaired) electrons. The molecule has 3 heteroatoms. The number of fused-ring (bicyclic) bond motifs is 1. The highest BCUT2D eigenvalue weighted by molar-refractivity contribution is 6.30. The quantitative estimate of drug-likeness (QED) is 0.421. The fourth-order valence-electron chi connectivity index (χ4n) is 3.09. The van der Waals surface area contributed by atoms with Crippen molar-refractivity contribution in [2.75, 3.05) is 0 Å². The number of aromatic nitrogens is 2. The first-order valence-electron chi connectivity index (χ1n) is 8.72. The second-order valence-electron chi connectivity index (χ2n) is 6.23. The van der Waals surface area contributed by atoms with Crippen LogP contribution in [0.3, 0.4) is 0 Å². The van der Waals surface area contributed by atoms with E-state index >= 15 is 0 Å². The average molecular weight is 359 g/mol. The molecule has 2 nitrogen and oxygen atoms in total. The number of benzene rings is 3. The van der Waals surface area contributed by atoms with E-state index in [9.17, 15) is 0 Å². The molecule has 0 aliphatic rings. The van der Waals surface area contributed by atoms with Crippen molar-refractivity contribution in [2.45, 2.75) is 13.0 Å². The minimum Gasteiger partial charge on any atom is -0.324 e. The standard InChI is InChI=1S/C23H19ClN2/c24-20-13-10-19(11-14-20)12-15-23-25-21-8-4-5-9-22(21)26(23)17-16-18-6-2-1-3-7-18/h1-15H,16-17H2/b15-12+. The Kier molecular flexibility index (Phi) is 4.85. The van der Waals surface area contributed by atoms with Crippen molar-refractivity contribution in [3.63, 3.8) is 0 Å². The molecule has 0 aliphatic carbocycles. The highest BCUT2D eigenvalue weighted by atomic mass is 35.5. The number of hydrogen-bond acceptors (Lipinski definition) is 1. The Morgan fingerprint density at radius 2 is 1.54 bits per heavy atom. The van der Waals surface area contributed by atoms with Crippen molar-refractivity contribution >= 4 is 34.8 Å². The Morgan fingerprint density at radius 1 is 0.808 bits per heavy atom. The molecule has 0 bridgehead atoms. The van der Waals surface area contributed by atoms with E-state index in [2.05, 4.69) is 65.3 Å². The number of nitrogens with zero attached hydrogens (tertiary/aromatic N) is 2. The van der Waals surface area contributed by atoms with Crippen molar-refractivity contribution in [3.8, 4) is 0 Å². The lowest BCUT2D eigenvalue weighted by molar-refractivity contribution is 0.709. The van der Waals surface area contributed by atoms with Crippen LogP contribution in [0.15, 0.2) is 78.9 Å². The van der Waals surface area contributed by atoms with Crippen LogP contribution in [0.25, 0.3) is 23.2 Å². The normalized spacial score (nSPS) is 11.4. The van der Waals surface area contributed by atoms with Crippen molar-refractivity contribution in [1.82, 2.24) is 9.55 Å². The molecule has 1 aromatic heterocycles. The van der Waals surface area contributed by atoms with Crippen LogP contribution >= 0.6 is 11.6 Å². The Labute approximate surface area is 158 Å². The molecule has 4 aromatic rings. The van der Waals surface area contributed by atoms with Crippen LogP contribution in [0.2, 0.25) is 5.02 Å². The first-order valence-corrected chi connectivity index (χ1v) is 9.10. The van der Waals surface area contributed by atoms with E-state index in [-0.39, 0.29) is 0 Å². The zero-order chi connectivity index (χ0) is 17.8. The van der Waals surface area contributed by atoms with Crippen LogP contribution in [0.5, 0.6) is 0 Å². The van der Waals surface area contributed by atoms with E-state index < -0.39 is 0 Å². The van der Waals surface area contributed by atoms with E-state index in [0.717, 1.165) is 34.9 Å². The van der Waals surface area contributed by atoms with Crippen LogP contribution in [-0.4, -0.2) is 9.55 Å². The third-order valence-electron chi connectivity index (χ3n) is 4.45. The molecule has 0 aliphatic heterocycles. The molecule has 128 valence electrons. The molecule has 0 N–H and O–H groups in total. The number of aryl methyl sites for hydroxylation is 2. The van der Waals surface area contributed by atoms with Gasteiger partial charge in [0.1, 0.15) is 5.82 Å². The maximum atomic E-state index is 5.97. The second kappa shape index (κ2) is 7.59. The van der Waals surface area contributed by atoms with Gasteiger partial charge in [0.15, 0.2) is 0 Å². The molecule has 0 amide bonds. The van der Waals surface area contributed by atoms with Gasteiger partial charge in [-0.1, -0.05) is 72.3 Å². The Morgan fingerprint density at radius 3 is 2.35 bits per heavy atom. The van der Waals surface area contributed by atoms with Gasteiger partial charge in [0.25, 0.3) is 0 Å². The molecular formula is C23H19ClN2. The summed E-state index contributed by atoms with van der Waals surface area (Å²) in [5, 5.41) is 0.747. The summed E-state index contributed by atoms with van der Waals surface area (Å²) < 4.78 is 2.29. The highest BCUT2D eigenvalue weighted by Crippen LogP contribution is 2.19. The maximum Gasteiger partial charge on any atom is 0.133 e. The SMILES string of the molecule is Clc1ccc(/C=C/c2nc3ccccc3n2CCc2ccccc2)cc1. The summed E-state index contributed by atoms with van der Waals surface area (Å²) in [5.41, 5.74) is 4.63. The molecule has 0 atom stereocenters. The number of imidazole rings is 1. The molecule has 0 spiro atoms. The number of halogens is 1. The van der Waals surface area contributed by atoms with E-state index in [0.29, 0.717) is 0 Å². The number of hydrogen-bond donors (Lipinski definition) is 0. The lowest BCUT2D eigenvalue weighted by Gasteiger charge is -2.07. The van der Waals surface area contributed by atoms with Crippen molar-refractivity contribution < 1.29 is 0 Å². The van der Waals surface area contributed by atoms with Crippen LogP contribution in [0.1, 0.15) is 17.0 Å². The fourth-order valence-corrected chi connectivity index (χ4v) is 3.21. The van der Waals surface area contributed by atoms with E-state index in [4.69, 9.17) is 16.6 Å². The molecule has 26 heavy (non-hydrogen) atoms.